The maximum atomic E-state index is 6.06. The largest absolute Gasteiger partial charge is 0.495 e. The molecule has 1 aliphatic carbocycles. The fourth-order valence-electron chi connectivity index (χ4n) is 2.25. The Hall–Kier alpha value is -0.890. The molecule has 0 spiro atoms. The van der Waals surface area contributed by atoms with Crippen LogP contribution in [0.15, 0.2) is 18.2 Å². The monoisotopic (exact) mass is 239 g/mol. The Labute approximate surface area is 102 Å². The lowest BCUT2D eigenvalue weighted by Gasteiger charge is -2.12. The van der Waals surface area contributed by atoms with E-state index in [9.17, 15) is 0 Å². The summed E-state index contributed by atoms with van der Waals surface area (Å²) in [5.74, 6) is 1.56. The smallest absolute Gasteiger partial charge is 0.137 e. The van der Waals surface area contributed by atoms with Gasteiger partial charge in [-0.2, -0.15) is 0 Å². The molecular weight excluding hydrogens is 222 g/mol. The van der Waals surface area contributed by atoms with E-state index in [1.165, 1.54) is 25.7 Å². The van der Waals surface area contributed by atoms with Crippen molar-refractivity contribution in [1.29, 1.82) is 0 Å². The molecule has 3 heteroatoms. The van der Waals surface area contributed by atoms with Crippen molar-refractivity contribution in [3.05, 3.63) is 23.2 Å². The van der Waals surface area contributed by atoms with E-state index in [4.69, 9.17) is 16.3 Å². The molecule has 2 nitrogen and oxygen atoms in total. The Bertz CT molecular complexity index is 348. The fourth-order valence-corrected chi connectivity index (χ4v) is 2.51. The second kappa shape index (κ2) is 5.44. The van der Waals surface area contributed by atoms with Crippen LogP contribution in [0.1, 0.15) is 25.7 Å². The van der Waals surface area contributed by atoms with Gasteiger partial charge in [0.25, 0.3) is 0 Å². The van der Waals surface area contributed by atoms with E-state index in [1.54, 1.807) is 7.11 Å². The lowest BCUT2D eigenvalue weighted by Crippen LogP contribution is -2.10. The zero-order valence-electron chi connectivity index (χ0n) is 9.63. The second-order valence-electron chi connectivity index (χ2n) is 4.38. The Morgan fingerprint density at radius 2 is 2.12 bits per heavy atom. The number of ether oxygens (including phenoxy) is 1. The molecule has 1 aromatic rings. The van der Waals surface area contributed by atoms with Crippen LogP contribution in [0.4, 0.5) is 5.69 Å². The third-order valence-electron chi connectivity index (χ3n) is 3.22. The minimum atomic E-state index is 0.666. The highest BCUT2D eigenvalue weighted by molar-refractivity contribution is 6.32. The molecule has 1 aliphatic rings. The average molecular weight is 240 g/mol. The van der Waals surface area contributed by atoms with E-state index in [1.807, 2.05) is 18.2 Å². The molecule has 0 unspecified atom stereocenters. The van der Waals surface area contributed by atoms with Crippen molar-refractivity contribution in [2.24, 2.45) is 5.92 Å². The normalized spacial score (nSPS) is 16.4. The highest BCUT2D eigenvalue weighted by Crippen LogP contribution is 2.29. The molecule has 0 saturated heterocycles. The molecule has 0 heterocycles. The Kier molecular flexibility index (Phi) is 3.94. The van der Waals surface area contributed by atoms with E-state index >= 15 is 0 Å². The van der Waals surface area contributed by atoms with E-state index in [2.05, 4.69) is 5.32 Å². The van der Waals surface area contributed by atoms with E-state index in [-0.39, 0.29) is 0 Å². The number of hydrogen-bond donors (Lipinski definition) is 1. The van der Waals surface area contributed by atoms with Crippen LogP contribution in [0.25, 0.3) is 0 Å². The minimum Gasteiger partial charge on any atom is -0.495 e. The van der Waals surface area contributed by atoms with Gasteiger partial charge >= 0.3 is 0 Å². The van der Waals surface area contributed by atoms with Crippen LogP contribution in [-0.2, 0) is 0 Å². The lowest BCUT2D eigenvalue weighted by atomic mass is 10.1. The Balaban J connectivity index is 1.91. The van der Waals surface area contributed by atoms with Gasteiger partial charge in [-0.3, -0.25) is 0 Å². The highest BCUT2D eigenvalue weighted by Gasteiger charge is 2.14. The molecule has 2 rings (SSSR count). The van der Waals surface area contributed by atoms with E-state index < -0.39 is 0 Å². The average Bonchev–Trinajstić information content (AvgIpc) is 2.79. The van der Waals surface area contributed by atoms with Gasteiger partial charge in [0, 0.05) is 12.2 Å². The first kappa shape index (κ1) is 11.6. The van der Waals surface area contributed by atoms with Gasteiger partial charge < -0.3 is 10.1 Å². The van der Waals surface area contributed by atoms with Gasteiger partial charge in [0.05, 0.1) is 12.1 Å². The zero-order chi connectivity index (χ0) is 11.4. The van der Waals surface area contributed by atoms with Gasteiger partial charge in [0.15, 0.2) is 0 Å². The summed E-state index contributed by atoms with van der Waals surface area (Å²) in [6.45, 7) is 1.06. The van der Waals surface area contributed by atoms with Crippen molar-refractivity contribution in [1.82, 2.24) is 0 Å². The van der Waals surface area contributed by atoms with Crippen molar-refractivity contribution in [3.63, 3.8) is 0 Å². The number of rotatable bonds is 4. The molecule has 1 aromatic carbocycles. The lowest BCUT2D eigenvalue weighted by molar-refractivity contribution is 0.415. The molecule has 0 atom stereocenters. The number of nitrogens with one attached hydrogen (secondary N) is 1. The predicted molar refractivity (Wildman–Crippen MR) is 68.5 cm³/mol. The van der Waals surface area contributed by atoms with Gasteiger partial charge in [-0.15, -0.1) is 0 Å². The molecule has 0 bridgehead atoms. The molecule has 0 radical (unpaired) electrons. The molecule has 0 aliphatic heterocycles. The molecule has 1 saturated carbocycles. The molecule has 0 aromatic heterocycles. The number of anilines is 1. The van der Waals surface area contributed by atoms with Crippen molar-refractivity contribution in [3.8, 4) is 5.75 Å². The van der Waals surface area contributed by atoms with Crippen LogP contribution in [0.3, 0.4) is 0 Å². The van der Waals surface area contributed by atoms with Crippen LogP contribution < -0.4 is 10.1 Å². The summed E-state index contributed by atoms with van der Waals surface area (Å²) in [5.41, 5.74) is 1.08. The van der Waals surface area contributed by atoms with Crippen LogP contribution in [0, 0.1) is 5.92 Å². The Morgan fingerprint density at radius 3 is 2.75 bits per heavy atom. The number of methoxy groups -OCH3 is 1. The maximum Gasteiger partial charge on any atom is 0.137 e. The summed E-state index contributed by atoms with van der Waals surface area (Å²) in [6, 6.07) is 5.84. The molecule has 88 valence electrons. The summed E-state index contributed by atoms with van der Waals surface area (Å²) in [5, 5.41) is 4.10. The first-order chi connectivity index (χ1) is 7.79. The van der Waals surface area contributed by atoms with Crippen LogP contribution >= 0.6 is 11.6 Å². The number of benzene rings is 1. The molecule has 1 fully saturated rings. The molecule has 16 heavy (non-hydrogen) atoms. The van der Waals surface area contributed by atoms with Gasteiger partial charge in [-0.05, 0) is 37.0 Å². The zero-order valence-corrected chi connectivity index (χ0v) is 10.4. The summed E-state index contributed by atoms with van der Waals surface area (Å²) < 4.78 is 5.12. The van der Waals surface area contributed by atoms with Crippen LogP contribution in [-0.4, -0.2) is 13.7 Å². The quantitative estimate of drug-likeness (QED) is 0.859. The van der Waals surface area contributed by atoms with Crippen LogP contribution in [0.5, 0.6) is 5.75 Å². The van der Waals surface area contributed by atoms with Gasteiger partial charge in [0.1, 0.15) is 5.75 Å². The summed E-state index contributed by atoms with van der Waals surface area (Å²) in [7, 11) is 1.63. The number of hydrogen-bond acceptors (Lipinski definition) is 2. The van der Waals surface area contributed by atoms with Gasteiger partial charge in [0.2, 0.25) is 0 Å². The topological polar surface area (TPSA) is 21.3 Å². The molecule has 0 amide bonds. The Morgan fingerprint density at radius 1 is 1.38 bits per heavy atom. The third kappa shape index (κ3) is 2.82. The minimum absolute atomic E-state index is 0.666. The van der Waals surface area contributed by atoms with Crippen molar-refractivity contribution < 1.29 is 4.74 Å². The standard InChI is InChI=1S/C13H18ClNO/c1-16-13-7-6-11(8-12(13)14)15-9-10-4-2-3-5-10/h6-8,10,15H,2-5,9H2,1H3. The fraction of sp³-hybridized carbons (Fsp3) is 0.538. The van der Waals surface area contributed by atoms with Crippen molar-refractivity contribution >= 4 is 17.3 Å². The van der Waals surface area contributed by atoms with Gasteiger partial charge in [-0.1, -0.05) is 24.4 Å². The van der Waals surface area contributed by atoms with Crippen molar-refractivity contribution in [2.75, 3.05) is 19.0 Å². The van der Waals surface area contributed by atoms with Gasteiger partial charge in [-0.25, -0.2) is 0 Å². The summed E-state index contributed by atoms with van der Waals surface area (Å²) in [4.78, 5) is 0. The third-order valence-corrected chi connectivity index (χ3v) is 3.52. The summed E-state index contributed by atoms with van der Waals surface area (Å²) >= 11 is 6.06. The molecular formula is C13H18ClNO. The predicted octanol–water partition coefficient (Wildman–Crippen LogP) is 3.95. The second-order valence-corrected chi connectivity index (χ2v) is 4.79. The van der Waals surface area contributed by atoms with Crippen LogP contribution in [0.2, 0.25) is 5.02 Å². The van der Waals surface area contributed by atoms with E-state index in [0.717, 1.165) is 23.9 Å². The SMILES string of the molecule is COc1ccc(NCC2CCCC2)cc1Cl. The van der Waals surface area contributed by atoms with E-state index in [0.29, 0.717) is 5.02 Å². The molecule has 1 N–H and O–H groups in total. The number of halogens is 1. The van der Waals surface area contributed by atoms with Crippen molar-refractivity contribution in [2.45, 2.75) is 25.7 Å². The first-order valence-corrected chi connectivity index (χ1v) is 6.25. The first-order valence-electron chi connectivity index (χ1n) is 5.87. The highest BCUT2D eigenvalue weighted by atomic mass is 35.5. The maximum absolute atomic E-state index is 6.06. The summed E-state index contributed by atoms with van der Waals surface area (Å²) in [6.07, 6.45) is 5.49.